The Morgan fingerprint density at radius 1 is 1.44 bits per heavy atom. The summed E-state index contributed by atoms with van der Waals surface area (Å²) in [5.41, 5.74) is 7.01. The fourth-order valence-corrected chi connectivity index (χ4v) is 2.28. The number of hydrogen-bond donors (Lipinski definition) is 1. The molecule has 1 aliphatic heterocycles. The topological polar surface area (TPSA) is 55.3 Å². The molecule has 2 N–H and O–H groups in total. The molecule has 1 aliphatic rings. The van der Waals surface area contributed by atoms with Crippen molar-refractivity contribution in [3.8, 4) is 0 Å². The molecule has 5 heteroatoms. The average Bonchev–Trinajstić information content (AvgIpc) is 2.68. The van der Waals surface area contributed by atoms with E-state index >= 15 is 0 Å². The number of halogens is 1. The van der Waals surface area contributed by atoms with Gasteiger partial charge in [0.25, 0.3) is 0 Å². The highest BCUT2D eigenvalue weighted by Crippen LogP contribution is 2.17. The van der Waals surface area contributed by atoms with Gasteiger partial charge in [0.05, 0.1) is 5.69 Å². The minimum absolute atomic E-state index is 0. The van der Waals surface area contributed by atoms with Crippen molar-refractivity contribution in [1.29, 1.82) is 0 Å². The second-order valence-electron chi connectivity index (χ2n) is 5.43. The van der Waals surface area contributed by atoms with Crippen LogP contribution in [0.1, 0.15) is 38.1 Å². The predicted octanol–water partition coefficient (Wildman–Crippen LogP) is 2.22. The van der Waals surface area contributed by atoms with Gasteiger partial charge >= 0.3 is 0 Å². The van der Waals surface area contributed by atoms with Gasteiger partial charge in [-0.1, -0.05) is 13.8 Å². The first-order valence-electron chi connectivity index (χ1n) is 6.54. The Balaban J connectivity index is 0.00000162. The van der Waals surface area contributed by atoms with E-state index in [2.05, 4.69) is 23.7 Å². The average molecular weight is 274 g/mol. The molecule has 1 aromatic rings. The van der Waals surface area contributed by atoms with Gasteiger partial charge in [0.1, 0.15) is 5.76 Å². The molecule has 0 radical (unpaired) electrons. The molecule has 104 valence electrons. The van der Waals surface area contributed by atoms with Crippen LogP contribution in [0, 0.1) is 5.92 Å². The van der Waals surface area contributed by atoms with Gasteiger partial charge in [-0.2, -0.15) is 0 Å². The highest BCUT2D eigenvalue weighted by Gasteiger charge is 2.19. The zero-order valence-corrected chi connectivity index (χ0v) is 12.1. The third kappa shape index (κ3) is 4.26. The molecule has 0 spiro atoms. The van der Waals surface area contributed by atoms with Crippen molar-refractivity contribution >= 4 is 12.4 Å². The third-order valence-corrected chi connectivity index (χ3v) is 3.32. The lowest BCUT2D eigenvalue weighted by molar-refractivity contribution is 0.202. The van der Waals surface area contributed by atoms with Gasteiger partial charge in [0.2, 0.25) is 0 Å². The fourth-order valence-electron chi connectivity index (χ4n) is 2.28. The summed E-state index contributed by atoms with van der Waals surface area (Å²) in [5.74, 6) is 1.66. The lowest BCUT2D eigenvalue weighted by atomic mass is 10.0. The highest BCUT2D eigenvalue weighted by molar-refractivity contribution is 5.85. The number of nitrogens with two attached hydrogens (primary N) is 1. The highest BCUT2D eigenvalue weighted by atomic mass is 35.5. The molecule has 2 rings (SSSR count). The number of oxazole rings is 1. The first-order chi connectivity index (χ1) is 8.15. The number of likely N-dealkylation sites (tertiary alicyclic amines) is 1. The Morgan fingerprint density at radius 2 is 2.11 bits per heavy atom. The Labute approximate surface area is 115 Å². The van der Waals surface area contributed by atoms with Crippen molar-refractivity contribution < 1.29 is 4.42 Å². The van der Waals surface area contributed by atoms with Crippen molar-refractivity contribution in [2.24, 2.45) is 11.7 Å². The Kier molecular flexibility index (Phi) is 6.12. The molecule has 4 nitrogen and oxygen atoms in total. The second kappa shape index (κ2) is 7.12. The van der Waals surface area contributed by atoms with E-state index in [0.717, 1.165) is 50.4 Å². The van der Waals surface area contributed by atoms with E-state index in [1.165, 1.54) is 0 Å². The summed E-state index contributed by atoms with van der Waals surface area (Å²) in [5, 5.41) is 0. The van der Waals surface area contributed by atoms with Crippen molar-refractivity contribution in [3.05, 3.63) is 17.8 Å². The molecule has 2 heterocycles. The Hall–Kier alpha value is -0.580. The molecule has 1 fully saturated rings. The predicted molar refractivity (Wildman–Crippen MR) is 74.8 cm³/mol. The maximum Gasteiger partial charge on any atom is 0.181 e. The Bertz CT molecular complexity index is 346. The van der Waals surface area contributed by atoms with Crippen LogP contribution >= 0.6 is 12.4 Å². The zero-order valence-electron chi connectivity index (χ0n) is 11.3. The van der Waals surface area contributed by atoms with Crippen LogP contribution in [0.5, 0.6) is 0 Å². The number of piperidine rings is 1. The van der Waals surface area contributed by atoms with E-state index < -0.39 is 0 Å². The van der Waals surface area contributed by atoms with Gasteiger partial charge in [0, 0.05) is 32.1 Å². The normalized spacial score (nSPS) is 18.0. The number of nitrogens with zero attached hydrogens (tertiary/aromatic N) is 2. The standard InChI is InChI=1S/C13H23N3O.ClH/c1-10(2)7-13-12(15-9-17-13)8-16-5-3-11(14)4-6-16;/h9-11H,3-8,14H2,1-2H3;1H. The van der Waals surface area contributed by atoms with Gasteiger partial charge in [-0.3, -0.25) is 4.90 Å². The van der Waals surface area contributed by atoms with Crippen LogP contribution in [0.25, 0.3) is 0 Å². The molecule has 0 bridgehead atoms. The molecule has 0 saturated carbocycles. The van der Waals surface area contributed by atoms with Crippen molar-refractivity contribution in [2.45, 2.75) is 45.7 Å². The lowest BCUT2D eigenvalue weighted by Gasteiger charge is -2.29. The van der Waals surface area contributed by atoms with Crippen LogP contribution in [0.4, 0.5) is 0 Å². The quantitative estimate of drug-likeness (QED) is 0.914. The summed E-state index contributed by atoms with van der Waals surface area (Å²) in [6, 6.07) is 0.388. The van der Waals surface area contributed by atoms with Gasteiger partial charge in [-0.25, -0.2) is 4.98 Å². The summed E-state index contributed by atoms with van der Waals surface area (Å²) in [6.07, 6.45) is 4.74. The second-order valence-corrected chi connectivity index (χ2v) is 5.43. The molecular formula is C13H24ClN3O. The number of aromatic nitrogens is 1. The summed E-state index contributed by atoms with van der Waals surface area (Å²) < 4.78 is 5.48. The summed E-state index contributed by atoms with van der Waals surface area (Å²) in [7, 11) is 0. The van der Waals surface area contributed by atoms with E-state index in [1.54, 1.807) is 6.39 Å². The van der Waals surface area contributed by atoms with Crippen LogP contribution in [0.3, 0.4) is 0 Å². The molecule has 18 heavy (non-hydrogen) atoms. The maximum atomic E-state index is 5.91. The van der Waals surface area contributed by atoms with Gasteiger partial charge in [-0.15, -0.1) is 12.4 Å². The smallest absolute Gasteiger partial charge is 0.181 e. The largest absolute Gasteiger partial charge is 0.448 e. The monoisotopic (exact) mass is 273 g/mol. The molecule has 1 saturated heterocycles. The van der Waals surface area contributed by atoms with E-state index in [4.69, 9.17) is 10.2 Å². The first-order valence-corrected chi connectivity index (χ1v) is 6.54. The lowest BCUT2D eigenvalue weighted by Crippen LogP contribution is -2.39. The molecule has 0 aromatic carbocycles. The van der Waals surface area contributed by atoms with Crippen molar-refractivity contribution in [3.63, 3.8) is 0 Å². The number of hydrogen-bond acceptors (Lipinski definition) is 4. The minimum Gasteiger partial charge on any atom is -0.448 e. The van der Waals surface area contributed by atoms with Gasteiger partial charge in [-0.05, 0) is 18.8 Å². The van der Waals surface area contributed by atoms with Crippen LogP contribution < -0.4 is 5.73 Å². The van der Waals surface area contributed by atoms with Gasteiger partial charge in [0.15, 0.2) is 6.39 Å². The van der Waals surface area contributed by atoms with Gasteiger partial charge < -0.3 is 10.2 Å². The van der Waals surface area contributed by atoms with Crippen LogP contribution in [0.15, 0.2) is 10.8 Å². The maximum absolute atomic E-state index is 5.91. The number of rotatable bonds is 4. The van der Waals surface area contributed by atoms with Crippen molar-refractivity contribution in [2.75, 3.05) is 13.1 Å². The van der Waals surface area contributed by atoms with E-state index in [0.29, 0.717) is 12.0 Å². The van der Waals surface area contributed by atoms with E-state index in [-0.39, 0.29) is 12.4 Å². The van der Waals surface area contributed by atoms with Crippen LogP contribution in [0.2, 0.25) is 0 Å². The molecule has 0 atom stereocenters. The molecule has 0 unspecified atom stereocenters. The SMILES string of the molecule is CC(C)Cc1ocnc1CN1CCC(N)CC1.Cl. The summed E-state index contributed by atoms with van der Waals surface area (Å²) in [6.45, 7) is 7.47. The fraction of sp³-hybridized carbons (Fsp3) is 0.769. The van der Waals surface area contributed by atoms with Crippen molar-refractivity contribution in [1.82, 2.24) is 9.88 Å². The van der Waals surface area contributed by atoms with E-state index in [1.807, 2.05) is 0 Å². The van der Waals surface area contributed by atoms with Crippen LogP contribution in [-0.2, 0) is 13.0 Å². The van der Waals surface area contributed by atoms with E-state index in [9.17, 15) is 0 Å². The third-order valence-electron chi connectivity index (χ3n) is 3.32. The molecular weight excluding hydrogens is 250 g/mol. The van der Waals surface area contributed by atoms with Crippen LogP contribution in [-0.4, -0.2) is 29.0 Å². The molecule has 0 amide bonds. The zero-order chi connectivity index (χ0) is 12.3. The summed E-state index contributed by atoms with van der Waals surface area (Å²) >= 11 is 0. The summed E-state index contributed by atoms with van der Waals surface area (Å²) in [4.78, 5) is 6.76. The first kappa shape index (κ1) is 15.5. The molecule has 0 aliphatic carbocycles. The Morgan fingerprint density at radius 3 is 2.72 bits per heavy atom. The molecule has 1 aromatic heterocycles. The minimum atomic E-state index is 0.